The van der Waals surface area contributed by atoms with Gasteiger partial charge in [-0.25, -0.2) is 8.42 Å². The number of anilines is 2. The van der Waals surface area contributed by atoms with Gasteiger partial charge in [0.05, 0.1) is 19.8 Å². The monoisotopic (exact) mass is 362 g/mol. The Bertz CT molecular complexity index is 859. The van der Waals surface area contributed by atoms with Crippen molar-refractivity contribution in [3.63, 3.8) is 0 Å². The van der Waals surface area contributed by atoms with Crippen LogP contribution in [0.15, 0.2) is 48.5 Å². The van der Waals surface area contributed by atoms with Crippen LogP contribution in [0.5, 0.6) is 5.75 Å². The maximum absolute atomic E-state index is 12.1. The molecule has 0 saturated carbocycles. The van der Waals surface area contributed by atoms with Gasteiger partial charge < -0.3 is 10.1 Å². The van der Waals surface area contributed by atoms with Gasteiger partial charge >= 0.3 is 0 Å². The minimum absolute atomic E-state index is 0.296. The first kappa shape index (κ1) is 18.5. The van der Waals surface area contributed by atoms with Crippen LogP contribution in [0.25, 0.3) is 0 Å². The number of carbonyl (C=O) groups excluding carboxylic acids is 2. The SMILES string of the molecule is COc1ccc(C(=O)CC(=O)Nc2ccc(NS(C)(=O)=O)cc2)cc1. The molecule has 2 aromatic rings. The van der Waals surface area contributed by atoms with Crippen LogP contribution in [-0.4, -0.2) is 33.5 Å². The van der Waals surface area contributed by atoms with E-state index >= 15 is 0 Å². The van der Waals surface area contributed by atoms with Crippen molar-refractivity contribution in [2.45, 2.75) is 6.42 Å². The molecular weight excluding hydrogens is 344 g/mol. The molecule has 0 radical (unpaired) electrons. The third kappa shape index (κ3) is 5.92. The molecule has 132 valence electrons. The highest BCUT2D eigenvalue weighted by molar-refractivity contribution is 7.92. The second-order valence-electron chi connectivity index (χ2n) is 5.33. The zero-order chi connectivity index (χ0) is 18.4. The van der Waals surface area contributed by atoms with Crippen molar-refractivity contribution < 1.29 is 22.7 Å². The average Bonchev–Trinajstić information content (AvgIpc) is 2.55. The third-order valence-corrected chi connectivity index (χ3v) is 3.81. The van der Waals surface area contributed by atoms with Crippen LogP contribution in [0.4, 0.5) is 11.4 Å². The van der Waals surface area contributed by atoms with Crippen molar-refractivity contribution >= 4 is 33.1 Å². The Labute approximate surface area is 146 Å². The van der Waals surface area contributed by atoms with Gasteiger partial charge in [0.25, 0.3) is 0 Å². The molecule has 8 heteroatoms. The Hall–Kier alpha value is -2.87. The number of ketones is 1. The fraction of sp³-hybridized carbons (Fsp3) is 0.176. The first-order chi connectivity index (χ1) is 11.8. The number of nitrogens with one attached hydrogen (secondary N) is 2. The maximum atomic E-state index is 12.1. The van der Waals surface area contributed by atoms with Crippen molar-refractivity contribution in [2.24, 2.45) is 0 Å². The minimum atomic E-state index is -3.36. The van der Waals surface area contributed by atoms with E-state index < -0.39 is 15.9 Å². The van der Waals surface area contributed by atoms with Gasteiger partial charge in [0.2, 0.25) is 15.9 Å². The summed E-state index contributed by atoms with van der Waals surface area (Å²) in [6, 6.07) is 12.6. The van der Waals surface area contributed by atoms with E-state index in [0.717, 1.165) is 6.26 Å². The lowest BCUT2D eigenvalue weighted by atomic mass is 10.1. The first-order valence-corrected chi connectivity index (χ1v) is 9.21. The largest absolute Gasteiger partial charge is 0.497 e. The summed E-state index contributed by atoms with van der Waals surface area (Å²) < 4.78 is 29.6. The van der Waals surface area contributed by atoms with Crippen LogP contribution in [0.2, 0.25) is 0 Å². The number of hydrogen-bond acceptors (Lipinski definition) is 5. The molecule has 0 fully saturated rings. The quantitative estimate of drug-likeness (QED) is 0.581. The van der Waals surface area contributed by atoms with Crippen LogP contribution >= 0.6 is 0 Å². The summed E-state index contributed by atoms with van der Waals surface area (Å²) >= 11 is 0. The van der Waals surface area contributed by atoms with E-state index in [9.17, 15) is 18.0 Å². The molecule has 0 bridgehead atoms. The minimum Gasteiger partial charge on any atom is -0.497 e. The van der Waals surface area contributed by atoms with Crippen LogP contribution < -0.4 is 14.8 Å². The topological polar surface area (TPSA) is 102 Å². The van der Waals surface area contributed by atoms with E-state index in [1.165, 1.54) is 19.2 Å². The molecule has 0 unspecified atom stereocenters. The highest BCUT2D eigenvalue weighted by Crippen LogP contribution is 2.16. The van der Waals surface area contributed by atoms with Gasteiger partial charge in [0.15, 0.2) is 5.78 Å². The number of Topliss-reactive ketones (excluding diaryl/α,β-unsaturated/α-hetero) is 1. The van der Waals surface area contributed by atoms with Gasteiger partial charge in [-0.2, -0.15) is 0 Å². The molecule has 2 N–H and O–H groups in total. The highest BCUT2D eigenvalue weighted by Gasteiger charge is 2.12. The molecule has 0 aliphatic carbocycles. The molecule has 0 aliphatic heterocycles. The lowest BCUT2D eigenvalue weighted by molar-refractivity contribution is -0.115. The summed E-state index contributed by atoms with van der Waals surface area (Å²) in [6.07, 6.45) is 0.753. The van der Waals surface area contributed by atoms with Gasteiger partial charge in [0.1, 0.15) is 5.75 Å². The predicted molar refractivity (Wildman–Crippen MR) is 95.5 cm³/mol. The molecule has 0 spiro atoms. The zero-order valence-corrected chi connectivity index (χ0v) is 14.6. The van der Waals surface area contributed by atoms with Crippen molar-refractivity contribution in [3.8, 4) is 5.75 Å². The summed E-state index contributed by atoms with van der Waals surface area (Å²) in [7, 11) is -1.83. The first-order valence-electron chi connectivity index (χ1n) is 7.32. The Morgan fingerprint density at radius 2 is 1.52 bits per heavy atom. The van der Waals surface area contributed by atoms with Crippen molar-refractivity contribution in [1.29, 1.82) is 0 Å². The number of carbonyl (C=O) groups is 2. The molecule has 7 nitrogen and oxygen atoms in total. The zero-order valence-electron chi connectivity index (χ0n) is 13.8. The molecule has 25 heavy (non-hydrogen) atoms. The Kier molecular flexibility index (Phi) is 5.76. The normalized spacial score (nSPS) is 10.8. The molecule has 0 aromatic heterocycles. The lowest BCUT2D eigenvalue weighted by Gasteiger charge is -2.07. The van der Waals surface area contributed by atoms with E-state index in [4.69, 9.17) is 4.74 Å². The van der Waals surface area contributed by atoms with E-state index in [2.05, 4.69) is 10.0 Å². The maximum Gasteiger partial charge on any atom is 0.232 e. The molecule has 0 aliphatic rings. The molecule has 0 atom stereocenters. The number of sulfonamides is 1. The van der Waals surface area contributed by atoms with Crippen molar-refractivity contribution in [1.82, 2.24) is 0 Å². The highest BCUT2D eigenvalue weighted by atomic mass is 32.2. The standard InChI is InChI=1S/C17H18N2O5S/c1-24-15-9-3-12(4-10-15)16(20)11-17(21)18-13-5-7-14(8-6-13)19-25(2,22)23/h3-10,19H,11H2,1-2H3,(H,18,21). The number of rotatable bonds is 7. The Morgan fingerprint density at radius 1 is 0.960 bits per heavy atom. The summed E-state index contributed by atoms with van der Waals surface area (Å²) in [5, 5.41) is 2.59. The van der Waals surface area contributed by atoms with Gasteiger partial charge in [-0.15, -0.1) is 0 Å². The second-order valence-corrected chi connectivity index (χ2v) is 7.08. The van der Waals surface area contributed by atoms with Crippen molar-refractivity contribution in [2.75, 3.05) is 23.4 Å². The lowest BCUT2D eigenvalue weighted by Crippen LogP contribution is -2.16. The number of methoxy groups -OCH3 is 1. The van der Waals surface area contributed by atoms with Gasteiger partial charge in [-0.05, 0) is 48.5 Å². The number of amides is 1. The Balaban J connectivity index is 1.93. The van der Waals surface area contributed by atoms with E-state index in [1.54, 1.807) is 36.4 Å². The van der Waals surface area contributed by atoms with Crippen LogP contribution in [-0.2, 0) is 14.8 Å². The van der Waals surface area contributed by atoms with Crippen molar-refractivity contribution in [3.05, 3.63) is 54.1 Å². The Morgan fingerprint density at radius 3 is 2.04 bits per heavy atom. The smallest absolute Gasteiger partial charge is 0.232 e. The molecule has 0 saturated heterocycles. The average molecular weight is 362 g/mol. The number of benzene rings is 2. The van der Waals surface area contributed by atoms with E-state index in [-0.39, 0.29) is 12.2 Å². The number of hydrogen-bond donors (Lipinski definition) is 2. The second kappa shape index (κ2) is 7.80. The fourth-order valence-corrected chi connectivity index (χ4v) is 2.63. The third-order valence-electron chi connectivity index (χ3n) is 3.21. The van der Waals surface area contributed by atoms with Gasteiger partial charge in [0, 0.05) is 16.9 Å². The predicted octanol–water partition coefficient (Wildman–Crippen LogP) is 2.28. The number of ether oxygens (including phenoxy) is 1. The molecular formula is C17H18N2O5S. The van der Waals surface area contributed by atoms with E-state index in [0.29, 0.717) is 22.7 Å². The van der Waals surface area contributed by atoms with Crippen LogP contribution in [0.3, 0.4) is 0 Å². The molecule has 0 heterocycles. The molecule has 1 amide bonds. The fourth-order valence-electron chi connectivity index (χ4n) is 2.07. The summed E-state index contributed by atoms with van der Waals surface area (Å²) in [5.41, 5.74) is 1.27. The van der Waals surface area contributed by atoms with Crippen LogP contribution in [0, 0.1) is 0 Å². The van der Waals surface area contributed by atoms with Gasteiger partial charge in [-0.1, -0.05) is 0 Å². The summed E-state index contributed by atoms with van der Waals surface area (Å²) in [4.78, 5) is 24.0. The van der Waals surface area contributed by atoms with Gasteiger partial charge in [-0.3, -0.25) is 14.3 Å². The molecule has 2 rings (SSSR count). The van der Waals surface area contributed by atoms with E-state index in [1.807, 2.05) is 0 Å². The molecule has 2 aromatic carbocycles. The van der Waals surface area contributed by atoms with Crippen LogP contribution in [0.1, 0.15) is 16.8 Å². The summed E-state index contributed by atoms with van der Waals surface area (Å²) in [5.74, 6) is -0.135. The summed E-state index contributed by atoms with van der Waals surface area (Å²) in [6.45, 7) is 0.